The van der Waals surface area contributed by atoms with E-state index in [0.29, 0.717) is 17.7 Å². The molecule has 0 aromatic heterocycles. The van der Waals surface area contributed by atoms with Gasteiger partial charge in [0.05, 0.1) is 16.4 Å². The molecule has 2 nitrogen and oxygen atoms in total. The minimum absolute atomic E-state index is 0.631. The lowest BCUT2D eigenvalue weighted by atomic mass is 9.82. The highest BCUT2D eigenvalue weighted by Gasteiger charge is 2.50. The molecule has 0 aliphatic heterocycles. The molecular weight excluding hydrogens is 268 g/mol. The zero-order valence-electron chi connectivity index (χ0n) is 10.6. The Balaban J connectivity index is 2.27. The van der Waals surface area contributed by atoms with Crippen LogP contribution in [0.25, 0.3) is 0 Å². The van der Waals surface area contributed by atoms with Crippen LogP contribution in [0.5, 0.6) is 0 Å². The third-order valence-electron chi connectivity index (χ3n) is 3.82. The summed E-state index contributed by atoms with van der Waals surface area (Å²) in [7, 11) is -1.42. The fourth-order valence-electron chi connectivity index (χ4n) is 2.52. The maximum absolute atomic E-state index is 12.6. The van der Waals surface area contributed by atoms with Gasteiger partial charge in [-0.15, -0.1) is 11.6 Å². The molecule has 2 unspecified atom stereocenters. The van der Waals surface area contributed by atoms with Crippen molar-refractivity contribution in [2.75, 3.05) is 0 Å². The molecule has 2 atom stereocenters. The fraction of sp³-hybridized carbons (Fsp3) is 0.571. The summed E-state index contributed by atoms with van der Waals surface area (Å²) in [6, 6.07) is 9.14. The molecule has 0 amide bonds. The van der Waals surface area contributed by atoms with Gasteiger partial charge >= 0.3 is 0 Å². The molecule has 1 fully saturated rings. The van der Waals surface area contributed by atoms with Crippen molar-refractivity contribution in [3.63, 3.8) is 0 Å². The number of alkyl halides is 1. The van der Waals surface area contributed by atoms with Crippen molar-refractivity contribution in [2.45, 2.75) is 53.7 Å². The van der Waals surface area contributed by atoms with E-state index in [1.54, 1.807) is 19.1 Å². The van der Waals surface area contributed by atoms with Gasteiger partial charge in [-0.05, 0) is 31.9 Å². The smallest absolute Gasteiger partial charge is 0.149 e. The van der Waals surface area contributed by atoms with Crippen molar-refractivity contribution < 1.29 is 9.32 Å². The molecule has 0 heterocycles. The van der Waals surface area contributed by atoms with E-state index in [1.807, 2.05) is 18.2 Å². The minimum atomic E-state index is -1.42. The summed E-state index contributed by atoms with van der Waals surface area (Å²) in [5.41, 5.74) is -1.03. The SMILES string of the molecule is CC(Cl)(S(=O)c1ccccc1)C1(O)CCCCC1. The number of benzene rings is 1. The highest BCUT2D eigenvalue weighted by Crippen LogP contribution is 2.44. The van der Waals surface area contributed by atoms with Crippen LogP contribution in [-0.4, -0.2) is 19.1 Å². The number of aliphatic hydroxyl groups is 1. The molecule has 2 rings (SSSR count). The average molecular weight is 287 g/mol. The Hall–Kier alpha value is -0.380. The largest absolute Gasteiger partial charge is 0.387 e. The van der Waals surface area contributed by atoms with Crippen molar-refractivity contribution in [1.29, 1.82) is 0 Å². The van der Waals surface area contributed by atoms with Crippen LogP contribution in [0.3, 0.4) is 0 Å². The van der Waals surface area contributed by atoms with Gasteiger partial charge in [0.1, 0.15) is 4.21 Å². The van der Waals surface area contributed by atoms with Gasteiger partial charge in [0.2, 0.25) is 0 Å². The van der Waals surface area contributed by atoms with Crippen LogP contribution in [0.4, 0.5) is 0 Å². The Morgan fingerprint density at radius 1 is 1.22 bits per heavy atom. The predicted octanol–water partition coefficient (Wildman–Crippen LogP) is 3.44. The van der Waals surface area contributed by atoms with Gasteiger partial charge in [0, 0.05) is 4.90 Å². The first-order chi connectivity index (χ1) is 8.47. The average Bonchev–Trinajstić information content (AvgIpc) is 2.39. The van der Waals surface area contributed by atoms with Gasteiger partial charge in [0.15, 0.2) is 0 Å². The second-order valence-corrected chi connectivity index (χ2v) is 7.90. The molecule has 1 N–H and O–H groups in total. The maximum Gasteiger partial charge on any atom is 0.149 e. The number of rotatable bonds is 3. The first kappa shape index (κ1) is 14.0. The third kappa shape index (κ3) is 2.49. The van der Waals surface area contributed by atoms with Gasteiger partial charge in [-0.2, -0.15) is 0 Å². The van der Waals surface area contributed by atoms with Crippen LogP contribution in [0.1, 0.15) is 39.0 Å². The molecule has 0 radical (unpaired) electrons. The standard InChI is InChI=1S/C14H19ClO2S/c1-13(15,14(16)10-6-3-7-11-14)18(17)12-8-4-2-5-9-12/h2,4-5,8-9,16H,3,6-7,10-11H2,1H3. The molecule has 0 saturated heterocycles. The lowest BCUT2D eigenvalue weighted by molar-refractivity contribution is -0.00615. The van der Waals surface area contributed by atoms with E-state index >= 15 is 0 Å². The van der Waals surface area contributed by atoms with Crippen molar-refractivity contribution in [1.82, 2.24) is 0 Å². The second-order valence-electron chi connectivity index (χ2n) is 5.09. The van der Waals surface area contributed by atoms with E-state index in [2.05, 4.69) is 0 Å². The summed E-state index contributed by atoms with van der Waals surface area (Å²) < 4.78 is 11.5. The van der Waals surface area contributed by atoms with Gasteiger partial charge in [0.25, 0.3) is 0 Å². The van der Waals surface area contributed by atoms with Crippen LogP contribution in [0.15, 0.2) is 35.2 Å². The zero-order valence-corrected chi connectivity index (χ0v) is 12.1. The summed E-state index contributed by atoms with van der Waals surface area (Å²) in [6.45, 7) is 1.70. The molecule has 1 aromatic rings. The van der Waals surface area contributed by atoms with Crippen molar-refractivity contribution in [2.24, 2.45) is 0 Å². The topological polar surface area (TPSA) is 37.3 Å². The summed E-state index contributed by atoms with van der Waals surface area (Å²) in [5.74, 6) is 0. The number of hydrogen-bond donors (Lipinski definition) is 1. The fourth-order valence-corrected chi connectivity index (χ4v) is 4.37. The molecular formula is C14H19ClO2S. The van der Waals surface area contributed by atoms with Gasteiger partial charge in [-0.3, -0.25) is 4.21 Å². The molecule has 1 saturated carbocycles. The van der Waals surface area contributed by atoms with E-state index in [-0.39, 0.29) is 0 Å². The lowest BCUT2D eigenvalue weighted by Crippen LogP contribution is -2.52. The van der Waals surface area contributed by atoms with E-state index < -0.39 is 20.6 Å². The highest BCUT2D eigenvalue weighted by atomic mass is 35.5. The highest BCUT2D eigenvalue weighted by molar-refractivity contribution is 7.88. The van der Waals surface area contributed by atoms with Crippen LogP contribution in [0, 0.1) is 0 Å². The maximum atomic E-state index is 12.6. The van der Waals surface area contributed by atoms with Gasteiger partial charge < -0.3 is 5.11 Å². The van der Waals surface area contributed by atoms with Gasteiger partial charge in [-0.25, -0.2) is 0 Å². The first-order valence-corrected chi connectivity index (χ1v) is 7.88. The molecule has 18 heavy (non-hydrogen) atoms. The van der Waals surface area contributed by atoms with Crippen LogP contribution in [-0.2, 0) is 10.8 Å². The second kappa shape index (κ2) is 5.32. The van der Waals surface area contributed by atoms with E-state index in [9.17, 15) is 9.32 Å². The summed E-state index contributed by atoms with van der Waals surface area (Å²) in [5, 5.41) is 10.7. The molecule has 0 bridgehead atoms. The van der Waals surface area contributed by atoms with E-state index in [4.69, 9.17) is 11.6 Å². The normalized spacial score (nSPS) is 24.2. The Kier molecular flexibility index (Phi) is 4.15. The molecule has 1 aromatic carbocycles. The number of hydrogen-bond acceptors (Lipinski definition) is 2. The quantitative estimate of drug-likeness (QED) is 0.864. The summed E-state index contributed by atoms with van der Waals surface area (Å²) in [6.07, 6.45) is 4.28. The zero-order chi connectivity index (χ0) is 13.2. The van der Waals surface area contributed by atoms with Crippen molar-refractivity contribution in [3.05, 3.63) is 30.3 Å². The molecule has 4 heteroatoms. The van der Waals surface area contributed by atoms with Crippen LogP contribution >= 0.6 is 11.6 Å². The molecule has 100 valence electrons. The monoisotopic (exact) mass is 286 g/mol. The lowest BCUT2D eigenvalue weighted by Gasteiger charge is -2.42. The third-order valence-corrected chi connectivity index (χ3v) is 6.37. The van der Waals surface area contributed by atoms with Gasteiger partial charge in [-0.1, -0.05) is 37.5 Å². The Morgan fingerprint density at radius 3 is 2.33 bits per heavy atom. The molecule has 1 aliphatic rings. The van der Waals surface area contributed by atoms with E-state index in [1.165, 1.54) is 0 Å². The predicted molar refractivity (Wildman–Crippen MR) is 75.1 cm³/mol. The molecule has 1 aliphatic carbocycles. The first-order valence-electron chi connectivity index (χ1n) is 6.36. The Bertz CT molecular complexity index is 425. The van der Waals surface area contributed by atoms with Crippen molar-refractivity contribution >= 4 is 22.4 Å². The molecule has 0 spiro atoms. The van der Waals surface area contributed by atoms with Crippen molar-refractivity contribution in [3.8, 4) is 0 Å². The van der Waals surface area contributed by atoms with Crippen LogP contribution in [0.2, 0.25) is 0 Å². The minimum Gasteiger partial charge on any atom is -0.387 e. The summed E-state index contributed by atoms with van der Waals surface area (Å²) in [4.78, 5) is 0.675. The van der Waals surface area contributed by atoms with E-state index in [0.717, 1.165) is 19.3 Å². The Morgan fingerprint density at radius 2 is 1.78 bits per heavy atom. The Labute approximate surface area is 116 Å². The number of halogens is 1. The summed E-state index contributed by atoms with van der Waals surface area (Å²) >= 11 is 6.49. The van der Waals surface area contributed by atoms with Crippen LogP contribution < -0.4 is 0 Å².